The Bertz CT molecular complexity index is 3350. The number of alkyl halides is 9. The van der Waals surface area contributed by atoms with Gasteiger partial charge in [-0.1, -0.05) is 0 Å². The summed E-state index contributed by atoms with van der Waals surface area (Å²) in [5, 5.41) is 37.5. The summed E-state index contributed by atoms with van der Waals surface area (Å²) in [6.45, 7) is 6.29. The maximum absolute atomic E-state index is 12.9. The number of nitriles is 2. The molecule has 0 aliphatic carbocycles. The van der Waals surface area contributed by atoms with E-state index in [4.69, 9.17) is 9.47 Å². The Labute approximate surface area is 436 Å². The highest BCUT2D eigenvalue weighted by atomic mass is 19.4. The Kier molecular flexibility index (Phi) is 13.9. The molecule has 410 valence electrons. The van der Waals surface area contributed by atoms with Gasteiger partial charge in [-0.3, -0.25) is 9.59 Å². The number of rotatable bonds is 11. The van der Waals surface area contributed by atoms with Crippen molar-refractivity contribution in [1.29, 1.82) is 10.5 Å². The number of pyridine rings is 4. The number of halogens is 9. The number of ether oxygens (including phenoxy) is 3. The average Bonchev–Trinajstić information content (AvgIpc) is 4.15. The number of hydrogen-bond donors (Lipinski definition) is 1. The fourth-order valence-corrected chi connectivity index (χ4v) is 9.83. The highest BCUT2D eigenvalue weighted by Gasteiger charge is 2.56. The molecule has 28 heteroatoms. The minimum Gasteiger partial charge on any atom is -0.489 e. The second-order valence-electron chi connectivity index (χ2n) is 20.3. The molecule has 4 unspecified atom stereocenters. The van der Waals surface area contributed by atoms with Gasteiger partial charge in [-0.25, -0.2) is 23.8 Å². The molecule has 6 aromatic rings. The normalized spacial score (nSPS) is 19.2. The first-order valence-electron chi connectivity index (χ1n) is 23.8. The molecular weight excluding hydrogens is 1050 g/mol. The lowest BCUT2D eigenvalue weighted by Gasteiger charge is -2.56. The van der Waals surface area contributed by atoms with Gasteiger partial charge < -0.3 is 38.9 Å². The van der Waals surface area contributed by atoms with Gasteiger partial charge in [-0.2, -0.15) is 60.2 Å². The standard InChI is InChI=1S/C26H22F6N6O4.C24H23F3N6O3/c1-24(2,42-23(40)26(30,31)32)13-41-18-6-19(21-15(7-33)9-35-37(21)12-18)14-3-4-20(34-8-14)36-10-16-5-17(11-36)38(16)22(39)25(27,28)29;1-23(2,35)13-36-18-6-19(21-15(7-28)9-30-32(21)12-18)14-3-4-20(29-8-14)31-10-16-5-17(11-31)33(16)22(34)24(25,26)27/h3-4,6,8-9,12,16-17H,5,10-11,13H2,1-2H3;3-4,6,8-9,12,16-17,35H,5,10-11,13H2,1-2H3. The first-order valence-corrected chi connectivity index (χ1v) is 23.8. The molecule has 2 amide bonds. The predicted molar refractivity (Wildman–Crippen MR) is 254 cm³/mol. The molecule has 6 aromatic heterocycles. The van der Waals surface area contributed by atoms with E-state index in [-0.39, 0.29) is 44.1 Å². The van der Waals surface area contributed by atoms with Crippen LogP contribution in [-0.2, 0) is 19.1 Å². The molecule has 12 heterocycles. The molecule has 19 nitrogen and oxygen atoms in total. The molecule has 12 rings (SSSR count). The Morgan fingerprint density at radius 3 is 1.35 bits per heavy atom. The summed E-state index contributed by atoms with van der Waals surface area (Å²) in [5.74, 6) is -4.30. The molecule has 6 aliphatic heterocycles. The molecule has 6 aliphatic rings. The highest BCUT2D eigenvalue weighted by molar-refractivity contribution is 5.87. The van der Waals surface area contributed by atoms with Gasteiger partial charge in [0.15, 0.2) is 0 Å². The Balaban J connectivity index is 0.000000192. The third-order valence-electron chi connectivity index (χ3n) is 13.3. The highest BCUT2D eigenvalue weighted by Crippen LogP contribution is 2.40. The quantitative estimate of drug-likeness (QED) is 0.106. The van der Waals surface area contributed by atoms with Gasteiger partial charge >= 0.3 is 36.3 Å². The zero-order valence-corrected chi connectivity index (χ0v) is 41.6. The molecule has 0 saturated carbocycles. The number of esters is 1. The number of aliphatic hydroxyl groups is 1. The molecule has 4 atom stereocenters. The topological polar surface area (TPSA) is 220 Å². The van der Waals surface area contributed by atoms with Gasteiger partial charge in [-0.15, -0.1) is 0 Å². The van der Waals surface area contributed by atoms with E-state index in [0.29, 0.717) is 69.1 Å². The average molecular weight is 1100 g/mol. The van der Waals surface area contributed by atoms with Crippen LogP contribution in [0.15, 0.2) is 73.6 Å². The number of piperidine rings is 2. The van der Waals surface area contributed by atoms with Crippen LogP contribution in [0.5, 0.6) is 11.5 Å². The fourth-order valence-electron chi connectivity index (χ4n) is 9.83. The van der Waals surface area contributed by atoms with Crippen LogP contribution in [-0.4, -0.2) is 155 Å². The first kappa shape index (κ1) is 54.4. The molecule has 78 heavy (non-hydrogen) atoms. The summed E-state index contributed by atoms with van der Waals surface area (Å²) in [4.78, 5) is 49.1. The summed E-state index contributed by atoms with van der Waals surface area (Å²) in [6, 6.07) is 12.2. The number of carbonyl (C=O) groups is 3. The van der Waals surface area contributed by atoms with E-state index >= 15 is 0 Å². The lowest BCUT2D eigenvalue weighted by molar-refractivity contribution is -0.213. The molecule has 4 bridgehead atoms. The van der Waals surface area contributed by atoms with E-state index in [9.17, 15) is 69.5 Å². The van der Waals surface area contributed by atoms with Gasteiger partial charge in [0.2, 0.25) is 0 Å². The van der Waals surface area contributed by atoms with Crippen molar-refractivity contribution in [3.05, 3.63) is 84.7 Å². The van der Waals surface area contributed by atoms with Crippen molar-refractivity contribution in [2.24, 2.45) is 0 Å². The molecule has 6 fully saturated rings. The number of anilines is 2. The van der Waals surface area contributed by atoms with Crippen LogP contribution in [0.4, 0.5) is 51.1 Å². The number of hydrogen-bond acceptors (Lipinski definition) is 15. The smallest absolute Gasteiger partial charge is 0.489 e. The third-order valence-corrected chi connectivity index (χ3v) is 13.3. The summed E-state index contributed by atoms with van der Waals surface area (Å²) in [7, 11) is 0. The van der Waals surface area contributed by atoms with Gasteiger partial charge in [0.25, 0.3) is 0 Å². The van der Waals surface area contributed by atoms with Crippen LogP contribution in [0, 0.1) is 22.7 Å². The first-order chi connectivity index (χ1) is 36.5. The fraction of sp³-hybridized carbons (Fsp3) is 0.420. The van der Waals surface area contributed by atoms with E-state index < -0.39 is 78.3 Å². The van der Waals surface area contributed by atoms with Gasteiger partial charge in [0, 0.05) is 60.8 Å². The number of aromatic nitrogens is 6. The molecular formula is C50H45F9N12O7. The minimum absolute atomic E-state index is 0.0483. The van der Waals surface area contributed by atoms with Gasteiger partial charge in [0.05, 0.1) is 76.7 Å². The summed E-state index contributed by atoms with van der Waals surface area (Å²) in [6.07, 6.45) is -5.00. The molecule has 0 radical (unpaired) electrons. The number of amides is 2. The van der Waals surface area contributed by atoms with Crippen molar-refractivity contribution in [3.63, 3.8) is 0 Å². The van der Waals surface area contributed by atoms with Crippen LogP contribution in [0.1, 0.15) is 51.7 Å². The zero-order valence-electron chi connectivity index (χ0n) is 41.6. The SMILES string of the molecule is CC(C)(COc1cc(-c2ccc(N3CC4CC(C3)N4C(=O)C(F)(F)F)nc2)c2c(C#N)cnn2c1)OC(=O)C(F)(F)F.CC(C)(O)COc1cc(-c2ccc(N3CC4CC(C3)N4C(=O)C(F)(F)F)nc2)c2c(C#N)cnn2c1. The van der Waals surface area contributed by atoms with Crippen molar-refractivity contribution in [1.82, 2.24) is 39.0 Å². The molecule has 0 aromatic carbocycles. The largest absolute Gasteiger partial charge is 0.490 e. The number of carbonyl (C=O) groups excluding carboxylic acids is 3. The van der Waals surface area contributed by atoms with Crippen molar-refractivity contribution < 1.29 is 73.2 Å². The third kappa shape index (κ3) is 11.1. The van der Waals surface area contributed by atoms with Crippen LogP contribution in [0.25, 0.3) is 33.3 Å². The second-order valence-corrected chi connectivity index (χ2v) is 20.3. The van der Waals surface area contributed by atoms with Gasteiger partial charge in [0.1, 0.15) is 54.1 Å². The lowest BCUT2D eigenvalue weighted by Crippen LogP contribution is -2.72. The monoisotopic (exact) mass is 1100 g/mol. The Morgan fingerprint density at radius 1 is 0.615 bits per heavy atom. The van der Waals surface area contributed by atoms with Crippen molar-refractivity contribution in [2.45, 2.75) is 94.4 Å². The molecule has 1 N–H and O–H groups in total. The van der Waals surface area contributed by atoms with E-state index in [2.05, 4.69) is 31.0 Å². The Hall–Kier alpha value is -8.40. The van der Waals surface area contributed by atoms with Crippen LogP contribution in [0.3, 0.4) is 0 Å². The van der Waals surface area contributed by atoms with Crippen molar-refractivity contribution in [3.8, 4) is 45.9 Å². The number of nitrogens with zero attached hydrogens (tertiary/aromatic N) is 12. The Morgan fingerprint density at radius 2 is 1.01 bits per heavy atom. The number of piperazine rings is 2. The summed E-state index contributed by atoms with van der Waals surface area (Å²) < 4.78 is 134. The van der Waals surface area contributed by atoms with E-state index in [1.165, 1.54) is 53.7 Å². The number of fused-ring (bicyclic) bond motifs is 6. The second kappa shape index (κ2) is 19.9. The van der Waals surface area contributed by atoms with Crippen molar-refractivity contribution in [2.75, 3.05) is 49.2 Å². The van der Waals surface area contributed by atoms with E-state index in [1.54, 1.807) is 55.4 Å². The maximum atomic E-state index is 12.9. The summed E-state index contributed by atoms with van der Waals surface area (Å²) in [5.41, 5.74) is 1.20. The van der Waals surface area contributed by atoms with Crippen molar-refractivity contribution >= 4 is 40.5 Å². The van der Waals surface area contributed by atoms with Gasteiger partial charge in [-0.05, 0) is 76.9 Å². The lowest BCUT2D eigenvalue weighted by atomic mass is 9.87. The molecule has 6 saturated heterocycles. The maximum Gasteiger partial charge on any atom is 0.490 e. The van der Waals surface area contributed by atoms with Crippen LogP contribution < -0.4 is 19.3 Å². The molecule has 0 spiro atoms. The zero-order chi connectivity index (χ0) is 56.4. The van der Waals surface area contributed by atoms with Crippen LogP contribution >= 0.6 is 0 Å². The summed E-state index contributed by atoms with van der Waals surface area (Å²) >= 11 is 0. The van der Waals surface area contributed by atoms with E-state index in [1.807, 2.05) is 17.0 Å². The van der Waals surface area contributed by atoms with E-state index in [0.717, 1.165) is 9.80 Å². The minimum atomic E-state index is -5.17. The van der Waals surface area contributed by atoms with Crippen LogP contribution in [0.2, 0.25) is 0 Å². The predicted octanol–water partition coefficient (Wildman–Crippen LogP) is 6.65.